The van der Waals surface area contributed by atoms with Gasteiger partial charge < -0.3 is 0 Å². The number of hydrogen-bond acceptors (Lipinski definition) is 8. The number of rotatable bonds is 5. The van der Waals surface area contributed by atoms with Gasteiger partial charge in [0.05, 0.1) is 27.9 Å². The molecule has 0 N–H and O–H groups in total. The summed E-state index contributed by atoms with van der Waals surface area (Å²) in [6.45, 7) is 6.08. The van der Waals surface area contributed by atoms with Crippen molar-refractivity contribution in [1.82, 2.24) is 25.2 Å². The first-order valence-corrected chi connectivity index (χ1v) is 11.6. The van der Waals surface area contributed by atoms with Gasteiger partial charge in [-0.1, -0.05) is 23.9 Å². The molecule has 1 aliphatic heterocycles. The van der Waals surface area contributed by atoms with Crippen molar-refractivity contribution in [2.45, 2.75) is 43.9 Å². The lowest BCUT2D eigenvalue weighted by Gasteiger charge is -2.21. The number of hydrogen-bond donors (Lipinski definition) is 0. The molecule has 0 saturated heterocycles. The molecule has 0 saturated carbocycles. The quantitative estimate of drug-likeness (QED) is 0.569. The lowest BCUT2D eigenvalue weighted by Crippen LogP contribution is -2.29. The largest absolute Gasteiger partial charge is 0.272 e. The standard InChI is InChI=1S/C18H20N6OS3/c1-18(2,3)24-17(19-21-22-24)28-11-16(25)23-13(15-7-5-9-27-15)10-12(20-23)14-6-4-8-26-14/h4-9,13H,10-11H2,1-3H3/t13-/m0/s1. The molecular formula is C18H20N6OS3. The van der Waals surface area contributed by atoms with Gasteiger partial charge in [-0.15, -0.1) is 27.8 Å². The Bertz CT molecular complexity index is 972. The van der Waals surface area contributed by atoms with Crippen LogP contribution in [-0.4, -0.2) is 42.6 Å². The van der Waals surface area contributed by atoms with E-state index in [4.69, 9.17) is 0 Å². The topological polar surface area (TPSA) is 76.3 Å². The second-order valence-electron chi connectivity index (χ2n) is 7.33. The fourth-order valence-corrected chi connectivity index (χ4v) is 5.36. The highest BCUT2D eigenvalue weighted by atomic mass is 32.2. The Balaban J connectivity index is 1.53. The van der Waals surface area contributed by atoms with Crippen LogP contribution >= 0.6 is 34.4 Å². The van der Waals surface area contributed by atoms with Gasteiger partial charge in [0.25, 0.3) is 5.91 Å². The number of thiophene rings is 2. The van der Waals surface area contributed by atoms with Crippen LogP contribution in [0.15, 0.2) is 45.3 Å². The molecule has 7 nitrogen and oxygen atoms in total. The van der Waals surface area contributed by atoms with E-state index in [2.05, 4.69) is 32.8 Å². The number of amides is 1. The van der Waals surface area contributed by atoms with Crippen molar-refractivity contribution in [3.63, 3.8) is 0 Å². The second kappa shape index (κ2) is 7.76. The Hall–Kier alpha value is -2.04. The monoisotopic (exact) mass is 432 g/mol. The Morgan fingerprint density at radius 2 is 2.04 bits per heavy atom. The van der Waals surface area contributed by atoms with Crippen molar-refractivity contribution in [2.75, 3.05) is 5.75 Å². The molecule has 0 fully saturated rings. The number of thioether (sulfide) groups is 1. The molecule has 4 rings (SSSR count). The first-order valence-electron chi connectivity index (χ1n) is 8.82. The minimum atomic E-state index is -0.244. The fourth-order valence-electron chi connectivity index (χ4n) is 2.92. The zero-order valence-corrected chi connectivity index (χ0v) is 18.2. The van der Waals surface area contributed by atoms with E-state index in [-0.39, 0.29) is 23.2 Å². The summed E-state index contributed by atoms with van der Waals surface area (Å²) in [5.41, 5.74) is 0.721. The van der Waals surface area contributed by atoms with Gasteiger partial charge in [0.2, 0.25) is 5.16 Å². The van der Waals surface area contributed by atoms with Crippen LogP contribution in [0.2, 0.25) is 0 Å². The average Bonchev–Trinajstić information content (AvgIpc) is 3.45. The van der Waals surface area contributed by atoms with Crippen LogP contribution in [0.4, 0.5) is 0 Å². The van der Waals surface area contributed by atoms with E-state index in [9.17, 15) is 4.79 Å². The summed E-state index contributed by atoms with van der Waals surface area (Å²) in [7, 11) is 0. The number of hydrazone groups is 1. The second-order valence-corrected chi connectivity index (χ2v) is 10.2. The molecule has 3 aromatic heterocycles. The van der Waals surface area contributed by atoms with E-state index in [0.717, 1.165) is 21.9 Å². The first kappa shape index (κ1) is 19.3. The summed E-state index contributed by atoms with van der Waals surface area (Å²) in [5.74, 6) is 0.193. The highest BCUT2D eigenvalue weighted by Gasteiger charge is 2.34. The molecule has 0 bridgehead atoms. The van der Waals surface area contributed by atoms with Crippen LogP contribution in [0.1, 0.15) is 43.0 Å². The highest BCUT2D eigenvalue weighted by molar-refractivity contribution is 7.99. The normalized spacial score (nSPS) is 17.2. The lowest BCUT2D eigenvalue weighted by atomic mass is 10.1. The maximum Gasteiger partial charge on any atom is 0.253 e. The fraction of sp³-hybridized carbons (Fsp3) is 0.389. The number of carbonyl (C=O) groups is 1. The van der Waals surface area contributed by atoms with Crippen LogP contribution in [-0.2, 0) is 10.3 Å². The molecule has 1 amide bonds. The number of tetrazole rings is 1. The maximum absolute atomic E-state index is 13.1. The third kappa shape index (κ3) is 3.89. The highest BCUT2D eigenvalue weighted by Crippen LogP contribution is 2.36. The zero-order chi connectivity index (χ0) is 19.7. The Morgan fingerprint density at radius 3 is 2.71 bits per heavy atom. The minimum Gasteiger partial charge on any atom is -0.272 e. The zero-order valence-electron chi connectivity index (χ0n) is 15.8. The van der Waals surface area contributed by atoms with Gasteiger partial charge in [0.15, 0.2) is 0 Å². The van der Waals surface area contributed by atoms with E-state index >= 15 is 0 Å². The van der Waals surface area contributed by atoms with Gasteiger partial charge >= 0.3 is 0 Å². The molecule has 10 heteroatoms. The molecule has 1 aliphatic rings. The smallest absolute Gasteiger partial charge is 0.253 e. The Morgan fingerprint density at radius 1 is 1.25 bits per heavy atom. The van der Waals surface area contributed by atoms with Crippen molar-refractivity contribution < 1.29 is 4.79 Å². The molecule has 0 spiro atoms. The van der Waals surface area contributed by atoms with Crippen molar-refractivity contribution in [3.8, 4) is 0 Å². The first-order chi connectivity index (χ1) is 13.4. The van der Waals surface area contributed by atoms with Gasteiger partial charge in [-0.05, 0) is 54.1 Å². The van der Waals surface area contributed by atoms with Crippen molar-refractivity contribution in [1.29, 1.82) is 0 Å². The van der Waals surface area contributed by atoms with Gasteiger partial charge in [0.1, 0.15) is 0 Å². The summed E-state index contributed by atoms with van der Waals surface area (Å²) >= 11 is 4.65. The van der Waals surface area contributed by atoms with Crippen LogP contribution in [0.5, 0.6) is 0 Å². The van der Waals surface area contributed by atoms with Gasteiger partial charge in [-0.3, -0.25) is 4.79 Å². The number of nitrogens with zero attached hydrogens (tertiary/aromatic N) is 6. The van der Waals surface area contributed by atoms with Gasteiger partial charge in [0, 0.05) is 11.3 Å². The molecule has 0 aliphatic carbocycles. The summed E-state index contributed by atoms with van der Waals surface area (Å²) in [4.78, 5) is 15.3. The average molecular weight is 433 g/mol. The van der Waals surface area contributed by atoms with Gasteiger partial charge in [-0.2, -0.15) is 5.10 Å². The van der Waals surface area contributed by atoms with Crippen LogP contribution in [0, 0.1) is 0 Å². The van der Waals surface area contributed by atoms with Gasteiger partial charge in [-0.25, -0.2) is 9.69 Å². The molecule has 1 atom stereocenters. The molecule has 0 unspecified atom stereocenters. The van der Waals surface area contributed by atoms with Crippen molar-refractivity contribution in [2.24, 2.45) is 5.10 Å². The number of aromatic nitrogens is 4. The molecule has 4 heterocycles. The lowest BCUT2D eigenvalue weighted by molar-refractivity contribution is -0.130. The molecular weight excluding hydrogens is 412 g/mol. The van der Waals surface area contributed by atoms with Crippen LogP contribution in [0.3, 0.4) is 0 Å². The summed E-state index contributed by atoms with van der Waals surface area (Å²) in [6.07, 6.45) is 0.733. The molecule has 3 aromatic rings. The summed E-state index contributed by atoms with van der Waals surface area (Å²) in [6, 6.07) is 8.09. The van der Waals surface area contributed by atoms with E-state index in [1.54, 1.807) is 32.4 Å². The number of carbonyl (C=O) groups excluding carboxylic acids is 1. The predicted octanol–water partition coefficient (Wildman–Crippen LogP) is 4.02. The van der Waals surface area contributed by atoms with Crippen molar-refractivity contribution >= 4 is 46.1 Å². The molecule has 0 radical (unpaired) electrons. The SMILES string of the molecule is CC(C)(C)n1nnnc1SCC(=O)N1N=C(c2cccs2)C[C@H]1c1cccs1. The third-order valence-corrected chi connectivity index (χ3v) is 7.04. The molecule has 28 heavy (non-hydrogen) atoms. The van der Waals surface area contributed by atoms with Crippen LogP contribution in [0.25, 0.3) is 0 Å². The molecule has 146 valence electrons. The van der Waals surface area contributed by atoms with Crippen molar-refractivity contribution in [3.05, 3.63) is 44.8 Å². The van der Waals surface area contributed by atoms with E-state index in [0.29, 0.717) is 5.16 Å². The Labute approximate surface area is 175 Å². The van der Waals surface area contributed by atoms with E-state index in [1.165, 1.54) is 11.8 Å². The summed E-state index contributed by atoms with van der Waals surface area (Å²) < 4.78 is 1.74. The van der Waals surface area contributed by atoms with E-state index in [1.807, 2.05) is 43.7 Å². The molecule has 0 aromatic carbocycles. The van der Waals surface area contributed by atoms with E-state index < -0.39 is 0 Å². The third-order valence-electron chi connectivity index (χ3n) is 4.24. The predicted molar refractivity (Wildman–Crippen MR) is 113 cm³/mol. The minimum absolute atomic E-state index is 0.0431. The summed E-state index contributed by atoms with van der Waals surface area (Å²) in [5, 5.41) is 22.9. The maximum atomic E-state index is 13.1. The van der Waals surface area contributed by atoms with Crippen LogP contribution < -0.4 is 0 Å². The Kier molecular flexibility index (Phi) is 5.35.